The molecule has 0 aliphatic rings. The van der Waals surface area contributed by atoms with Gasteiger partial charge in [-0.05, 0) is 65.5 Å². The molecule has 0 saturated heterocycles. The van der Waals surface area contributed by atoms with Crippen LogP contribution in [-0.2, 0) is 36.0 Å². The summed E-state index contributed by atoms with van der Waals surface area (Å²) in [4.78, 5) is 0. The minimum Gasteiger partial charge on any atom is -0.414 e. The molecule has 0 bridgehead atoms. The zero-order valence-electron chi connectivity index (χ0n) is 31.4. The standard InChI is InChI=1S/C37H66O5Si3/c1-35(2,3)43(10,11)40-29-33(42-45(14,15)37(7,8)9)34(39-27-31-24-20-17-21-25-31)32(41-44(12,13)36(4,5)6)28-38-26-30-22-18-16-19-23-30/h16-25,32-34H,26-29H2,1-15H3/t32-,33+,34-/m1/s1. The largest absolute Gasteiger partial charge is 0.414 e. The third-order valence-corrected chi connectivity index (χ3v) is 23.8. The second-order valence-electron chi connectivity index (χ2n) is 17.2. The Morgan fingerprint density at radius 2 is 0.889 bits per heavy atom. The lowest BCUT2D eigenvalue weighted by molar-refractivity contribution is -0.126. The van der Waals surface area contributed by atoms with Gasteiger partial charge in [-0.1, -0.05) is 123 Å². The molecule has 0 saturated carbocycles. The molecule has 0 amide bonds. The van der Waals surface area contributed by atoms with Gasteiger partial charge in [-0.3, -0.25) is 0 Å². The molecule has 0 aliphatic heterocycles. The highest BCUT2D eigenvalue weighted by molar-refractivity contribution is 6.75. The Morgan fingerprint density at radius 1 is 0.511 bits per heavy atom. The number of hydrogen-bond acceptors (Lipinski definition) is 5. The topological polar surface area (TPSA) is 46.2 Å². The normalized spacial score (nSPS) is 16.0. The fourth-order valence-electron chi connectivity index (χ4n) is 4.10. The summed E-state index contributed by atoms with van der Waals surface area (Å²) in [6.07, 6.45) is -1.05. The van der Waals surface area contributed by atoms with E-state index in [0.29, 0.717) is 26.4 Å². The van der Waals surface area contributed by atoms with Crippen molar-refractivity contribution in [3.05, 3.63) is 71.8 Å². The lowest BCUT2D eigenvalue weighted by Gasteiger charge is -2.46. The van der Waals surface area contributed by atoms with Crippen LogP contribution in [0.2, 0.25) is 54.4 Å². The van der Waals surface area contributed by atoms with E-state index in [1.54, 1.807) is 0 Å². The van der Waals surface area contributed by atoms with Gasteiger partial charge in [-0.15, -0.1) is 0 Å². The van der Waals surface area contributed by atoms with Crippen molar-refractivity contribution in [3.8, 4) is 0 Å². The minimum atomic E-state index is -2.24. The summed E-state index contributed by atoms with van der Waals surface area (Å²) >= 11 is 0. The smallest absolute Gasteiger partial charge is 0.192 e. The first-order chi connectivity index (χ1) is 20.5. The Labute approximate surface area is 280 Å². The van der Waals surface area contributed by atoms with Crippen molar-refractivity contribution in [1.82, 2.24) is 0 Å². The molecule has 0 radical (unpaired) electrons. The van der Waals surface area contributed by atoms with Crippen LogP contribution >= 0.6 is 0 Å². The summed E-state index contributed by atoms with van der Waals surface area (Å²) in [7, 11) is -6.56. The second-order valence-corrected chi connectivity index (χ2v) is 31.5. The first-order valence-electron chi connectivity index (χ1n) is 16.7. The maximum atomic E-state index is 7.30. The first kappa shape index (κ1) is 40.1. The third kappa shape index (κ3) is 12.1. The zero-order chi connectivity index (χ0) is 34.3. The van der Waals surface area contributed by atoms with E-state index < -0.39 is 31.1 Å². The molecule has 0 aliphatic carbocycles. The van der Waals surface area contributed by atoms with Crippen LogP contribution in [0.3, 0.4) is 0 Å². The van der Waals surface area contributed by atoms with E-state index in [-0.39, 0.29) is 27.3 Å². The van der Waals surface area contributed by atoms with E-state index in [0.717, 1.165) is 11.1 Å². The Bertz CT molecular complexity index is 1130. The predicted octanol–water partition coefficient (Wildman–Crippen LogP) is 10.6. The van der Waals surface area contributed by atoms with E-state index in [4.69, 9.17) is 22.8 Å². The van der Waals surface area contributed by atoms with Crippen LogP contribution in [0.25, 0.3) is 0 Å². The molecule has 2 rings (SSSR count). The molecule has 0 fully saturated rings. The van der Waals surface area contributed by atoms with Gasteiger partial charge in [0.2, 0.25) is 0 Å². The Kier molecular flexibility index (Phi) is 14.1. The van der Waals surface area contributed by atoms with Crippen LogP contribution < -0.4 is 0 Å². The van der Waals surface area contributed by atoms with Crippen LogP contribution in [0.5, 0.6) is 0 Å². The van der Waals surface area contributed by atoms with Crippen molar-refractivity contribution >= 4 is 25.0 Å². The van der Waals surface area contributed by atoms with Crippen LogP contribution in [0, 0.1) is 0 Å². The molecule has 45 heavy (non-hydrogen) atoms. The lowest BCUT2D eigenvalue weighted by Crippen LogP contribution is -2.57. The molecule has 0 aromatic heterocycles. The Balaban J connectivity index is 2.61. The summed E-state index contributed by atoms with van der Waals surface area (Å²) in [5, 5.41) is 0.110. The van der Waals surface area contributed by atoms with E-state index in [2.05, 4.69) is 150 Å². The molecule has 8 heteroatoms. The van der Waals surface area contributed by atoms with Crippen LogP contribution in [0.1, 0.15) is 73.4 Å². The molecule has 3 atom stereocenters. The molecule has 256 valence electrons. The van der Waals surface area contributed by atoms with Gasteiger partial charge in [0.15, 0.2) is 25.0 Å². The SMILES string of the molecule is CC(C)(C)[Si](C)(C)OC[C@H](O[Si](C)(C)C(C)(C)C)[C@H](OCc1ccccc1)[C@@H](COCc1ccccc1)O[Si](C)(C)C(C)(C)C. The maximum Gasteiger partial charge on any atom is 0.192 e. The van der Waals surface area contributed by atoms with Gasteiger partial charge in [0.25, 0.3) is 0 Å². The van der Waals surface area contributed by atoms with Crippen LogP contribution in [-0.4, -0.2) is 56.5 Å². The van der Waals surface area contributed by atoms with Crippen molar-refractivity contribution in [3.63, 3.8) is 0 Å². The fourth-order valence-corrected chi connectivity index (χ4v) is 7.74. The lowest BCUT2D eigenvalue weighted by atomic mass is 10.1. The molecule has 2 aromatic carbocycles. The first-order valence-corrected chi connectivity index (χ1v) is 25.5. The van der Waals surface area contributed by atoms with Crippen molar-refractivity contribution in [2.45, 2.75) is 148 Å². The number of hydrogen-bond donors (Lipinski definition) is 0. The van der Waals surface area contributed by atoms with Crippen molar-refractivity contribution in [2.75, 3.05) is 13.2 Å². The van der Waals surface area contributed by atoms with Crippen molar-refractivity contribution in [1.29, 1.82) is 0 Å². The molecule has 5 nitrogen and oxygen atoms in total. The van der Waals surface area contributed by atoms with Gasteiger partial charge in [-0.2, -0.15) is 0 Å². The second kappa shape index (κ2) is 15.9. The van der Waals surface area contributed by atoms with E-state index in [1.165, 1.54) is 0 Å². The van der Waals surface area contributed by atoms with Crippen LogP contribution in [0.4, 0.5) is 0 Å². The molecular weight excluding hydrogens is 609 g/mol. The van der Waals surface area contributed by atoms with Gasteiger partial charge in [-0.25, -0.2) is 0 Å². The number of rotatable bonds is 16. The average Bonchev–Trinajstić information content (AvgIpc) is 2.90. The number of benzene rings is 2. The molecular formula is C37H66O5Si3. The average molecular weight is 675 g/mol. The van der Waals surface area contributed by atoms with Gasteiger partial charge < -0.3 is 22.8 Å². The van der Waals surface area contributed by atoms with Gasteiger partial charge >= 0.3 is 0 Å². The summed E-state index contributed by atoms with van der Waals surface area (Å²) in [6.45, 7) is 36.3. The third-order valence-electron chi connectivity index (χ3n) is 10.3. The highest BCUT2D eigenvalue weighted by Crippen LogP contribution is 2.42. The molecule has 0 heterocycles. The molecule has 0 N–H and O–H groups in total. The maximum absolute atomic E-state index is 7.30. The molecule has 2 aromatic rings. The predicted molar refractivity (Wildman–Crippen MR) is 198 cm³/mol. The Morgan fingerprint density at radius 3 is 1.29 bits per heavy atom. The van der Waals surface area contributed by atoms with E-state index in [9.17, 15) is 0 Å². The molecule has 0 spiro atoms. The molecule has 0 unspecified atom stereocenters. The van der Waals surface area contributed by atoms with Gasteiger partial charge in [0, 0.05) is 0 Å². The fraction of sp³-hybridized carbons (Fsp3) is 0.676. The number of ether oxygens (including phenoxy) is 2. The quantitative estimate of drug-likeness (QED) is 0.166. The summed E-state index contributed by atoms with van der Waals surface area (Å²) in [6, 6.07) is 20.7. The minimum absolute atomic E-state index is 0.0160. The monoisotopic (exact) mass is 674 g/mol. The van der Waals surface area contributed by atoms with Crippen LogP contribution in [0.15, 0.2) is 60.7 Å². The highest BCUT2D eigenvalue weighted by Gasteiger charge is 2.47. The zero-order valence-corrected chi connectivity index (χ0v) is 34.4. The van der Waals surface area contributed by atoms with Crippen molar-refractivity contribution < 1.29 is 22.8 Å². The summed E-state index contributed by atoms with van der Waals surface area (Å²) in [5.74, 6) is 0. The summed E-state index contributed by atoms with van der Waals surface area (Å²) in [5.41, 5.74) is 2.26. The van der Waals surface area contributed by atoms with Gasteiger partial charge in [0.05, 0.1) is 38.6 Å². The summed E-state index contributed by atoms with van der Waals surface area (Å²) < 4.78 is 34.9. The van der Waals surface area contributed by atoms with E-state index in [1.807, 2.05) is 12.1 Å². The van der Waals surface area contributed by atoms with Crippen molar-refractivity contribution in [2.24, 2.45) is 0 Å². The van der Waals surface area contributed by atoms with Gasteiger partial charge in [0.1, 0.15) is 6.10 Å². The van der Waals surface area contributed by atoms with E-state index >= 15 is 0 Å². The highest BCUT2D eigenvalue weighted by atomic mass is 28.4. The Hall–Kier alpha value is -1.11.